The summed E-state index contributed by atoms with van der Waals surface area (Å²) in [7, 11) is 0. The van der Waals surface area contributed by atoms with E-state index in [1.165, 1.54) is 0 Å². The topological polar surface area (TPSA) is 98.0 Å². The van der Waals surface area contributed by atoms with Crippen LogP contribution in [0.4, 0.5) is 0 Å². The lowest BCUT2D eigenvalue weighted by Gasteiger charge is -2.11. The Balaban J connectivity index is 3.84. The van der Waals surface area contributed by atoms with Crippen molar-refractivity contribution in [1.29, 1.82) is 0 Å². The minimum Gasteiger partial charge on any atom is -0.396 e. The molecule has 1 unspecified atom stereocenters. The quantitative estimate of drug-likeness (QED) is 0.373. The molecule has 0 heterocycles. The average molecular weight is 178 g/mol. The summed E-state index contributed by atoms with van der Waals surface area (Å²) in [6, 6.07) is 0. The predicted octanol–water partition coefficient (Wildman–Crippen LogP) is -2.10. The van der Waals surface area contributed by atoms with Crippen molar-refractivity contribution in [2.24, 2.45) is 5.92 Å². The van der Waals surface area contributed by atoms with Crippen molar-refractivity contribution in [2.45, 2.75) is 12.5 Å². The van der Waals surface area contributed by atoms with Crippen LogP contribution >= 0.6 is 0 Å². The van der Waals surface area contributed by atoms with Gasteiger partial charge in [-0.2, -0.15) is 0 Å². The Morgan fingerprint density at radius 1 is 1.08 bits per heavy atom. The van der Waals surface area contributed by atoms with Crippen molar-refractivity contribution in [1.82, 2.24) is 0 Å². The molecule has 0 aromatic carbocycles. The molecule has 0 aliphatic carbocycles. The molecule has 0 saturated carbocycles. The van der Waals surface area contributed by atoms with Crippen molar-refractivity contribution in [3.8, 4) is 0 Å². The first kappa shape index (κ1) is 11.5. The molecule has 5 heteroatoms. The first-order valence-corrected chi connectivity index (χ1v) is 3.69. The molecular weight excluding hydrogens is 164 g/mol. The molecule has 12 heavy (non-hydrogen) atoms. The summed E-state index contributed by atoms with van der Waals surface area (Å²) in [6.45, 7) is -1.36. The van der Waals surface area contributed by atoms with Gasteiger partial charge < -0.3 is 20.4 Å². The van der Waals surface area contributed by atoms with E-state index in [9.17, 15) is 4.79 Å². The molecule has 0 spiro atoms. The largest absolute Gasteiger partial charge is 0.396 e. The number of hydrogen-bond donors (Lipinski definition) is 4. The van der Waals surface area contributed by atoms with E-state index in [1.54, 1.807) is 0 Å². The number of hydrogen-bond acceptors (Lipinski definition) is 5. The van der Waals surface area contributed by atoms with Gasteiger partial charge in [-0.15, -0.1) is 0 Å². The van der Waals surface area contributed by atoms with Gasteiger partial charge in [0, 0.05) is 6.42 Å². The van der Waals surface area contributed by atoms with Crippen LogP contribution in [-0.2, 0) is 4.79 Å². The summed E-state index contributed by atoms with van der Waals surface area (Å²) in [5, 5.41) is 34.3. The molecule has 0 aromatic rings. The summed E-state index contributed by atoms with van der Waals surface area (Å²) in [6.07, 6.45) is -1.33. The van der Waals surface area contributed by atoms with Crippen LogP contribution in [0.5, 0.6) is 0 Å². The highest BCUT2D eigenvalue weighted by molar-refractivity contribution is 5.81. The van der Waals surface area contributed by atoms with Gasteiger partial charge in [0.15, 0.2) is 0 Å². The Hall–Kier alpha value is -0.490. The number of ketones is 1. The molecule has 72 valence electrons. The van der Waals surface area contributed by atoms with Gasteiger partial charge in [0.2, 0.25) is 0 Å². The summed E-state index contributed by atoms with van der Waals surface area (Å²) >= 11 is 0. The van der Waals surface area contributed by atoms with Crippen molar-refractivity contribution >= 4 is 5.78 Å². The van der Waals surface area contributed by atoms with Crippen LogP contribution in [0, 0.1) is 5.92 Å². The van der Waals surface area contributed by atoms with E-state index < -0.39 is 37.6 Å². The van der Waals surface area contributed by atoms with Gasteiger partial charge >= 0.3 is 0 Å². The van der Waals surface area contributed by atoms with Crippen LogP contribution in [0.25, 0.3) is 0 Å². The number of Topliss-reactive ketones (excluding diaryl/α,β-unsaturated/α-hetero) is 1. The van der Waals surface area contributed by atoms with Gasteiger partial charge in [0.05, 0.1) is 31.8 Å². The summed E-state index contributed by atoms with van der Waals surface area (Å²) in [4.78, 5) is 11.0. The van der Waals surface area contributed by atoms with Gasteiger partial charge in [-0.3, -0.25) is 4.79 Å². The Bertz CT molecular complexity index is 132. The van der Waals surface area contributed by atoms with Crippen molar-refractivity contribution in [3.63, 3.8) is 0 Å². The molecule has 1 atom stereocenters. The summed E-state index contributed by atoms with van der Waals surface area (Å²) < 4.78 is 0. The molecule has 0 aliphatic rings. The fourth-order valence-electron chi connectivity index (χ4n) is 0.725. The minimum absolute atomic E-state index is 0.234. The van der Waals surface area contributed by atoms with E-state index >= 15 is 0 Å². The van der Waals surface area contributed by atoms with Crippen LogP contribution in [0.15, 0.2) is 0 Å². The zero-order valence-corrected chi connectivity index (χ0v) is 6.68. The molecule has 0 aromatic heterocycles. The second-order valence-electron chi connectivity index (χ2n) is 2.57. The highest BCUT2D eigenvalue weighted by atomic mass is 16.3. The average Bonchev–Trinajstić information content (AvgIpc) is 2.06. The first-order valence-electron chi connectivity index (χ1n) is 3.69. The molecule has 0 radical (unpaired) electrons. The van der Waals surface area contributed by atoms with Crippen molar-refractivity contribution < 1.29 is 25.2 Å². The zero-order chi connectivity index (χ0) is 9.56. The predicted molar refractivity (Wildman–Crippen MR) is 40.4 cm³/mol. The first-order chi connectivity index (χ1) is 5.65. The number of aliphatic hydroxyl groups is 4. The van der Waals surface area contributed by atoms with Gasteiger partial charge in [0.25, 0.3) is 0 Å². The maximum Gasteiger partial charge on any atom is 0.143 e. The Kier molecular flexibility index (Phi) is 5.83. The molecular formula is C7H14O5. The van der Waals surface area contributed by atoms with Gasteiger partial charge in [-0.1, -0.05) is 0 Å². The van der Waals surface area contributed by atoms with E-state index in [0.717, 1.165) is 0 Å². The van der Waals surface area contributed by atoms with E-state index in [4.69, 9.17) is 20.4 Å². The standard InChI is InChI=1S/C7H14O5/c8-2-5(3-9)7(12)1-6(11)4-10/h5-6,8-11H,1-4H2. The highest BCUT2D eigenvalue weighted by Gasteiger charge is 2.19. The lowest BCUT2D eigenvalue weighted by Crippen LogP contribution is -2.27. The maximum atomic E-state index is 11.0. The molecule has 0 aliphatic heterocycles. The number of carbonyl (C=O) groups is 1. The van der Waals surface area contributed by atoms with Crippen molar-refractivity contribution in [2.75, 3.05) is 19.8 Å². The van der Waals surface area contributed by atoms with Gasteiger partial charge in [0.1, 0.15) is 5.78 Å². The minimum atomic E-state index is -1.10. The fraction of sp³-hybridized carbons (Fsp3) is 0.857. The second-order valence-corrected chi connectivity index (χ2v) is 2.57. The fourth-order valence-corrected chi connectivity index (χ4v) is 0.725. The number of aliphatic hydroxyl groups excluding tert-OH is 4. The van der Waals surface area contributed by atoms with Gasteiger partial charge in [-0.25, -0.2) is 0 Å². The highest BCUT2D eigenvalue weighted by Crippen LogP contribution is 2.02. The van der Waals surface area contributed by atoms with Crippen LogP contribution in [0.1, 0.15) is 6.42 Å². The molecule has 0 bridgehead atoms. The molecule has 4 N–H and O–H groups in total. The monoisotopic (exact) mass is 178 g/mol. The number of rotatable bonds is 6. The second kappa shape index (κ2) is 6.07. The number of carbonyl (C=O) groups excluding carboxylic acids is 1. The van der Waals surface area contributed by atoms with Crippen LogP contribution in [0.2, 0.25) is 0 Å². The van der Waals surface area contributed by atoms with Crippen molar-refractivity contribution in [3.05, 3.63) is 0 Å². The molecule has 0 rings (SSSR count). The third kappa shape index (κ3) is 3.77. The Labute approximate surface area is 70.3 Å². The SMILES string of the molecule is O=C(CC(O)CO)C(CO)CO. The lowest BCUT2D eigenvalue weighted by atomic mass is 10.0. The normalized spacial score (nSPS) is 13.4. The van der Waals surface area contributed by atoms with Crippen LogP contribution in [0.3, 0.4) is 0 Å². The van der Waals surface area contributed by atoms with Crippen LogP contribution in [-0.4, -0.2) is 52.1 Å². The third-order valence-corrected chi connectivity index (χ3v) is 1.54. The Morgan fingerprint density at radius 3 is 1.92 bits per heavy atom. The van der Waals surface area contributed by atoms with E-state index in [2.05, 4.69) is 0 Å². The molecule has 5 nitrogen and oxygen atoms in total. The third-order valence-electron chi connectivity index (χ3n) is 1.54. The lowest BCUT2D eigenvalue weighted by molar-refractivity contribution is -0.127. The van der Waals surface area contributed by atoms with E-state index in [-0.39, 0.29) is 6.42 Å². The molecule has 0 amide bonds. The Morgan fingerprint density at radius 2 is 1.58 bits per heavy atom. The van der Waals surface area contributed by atoms with E-state index in [1.807, 2.05) is 0 Å². The smallest absolute Gasteiger partial charge is 0.143 e. The van der Waals surface area contributed by atoms with Crippen LogP contribution < -0.4 is 0 Å². The van der Waals surface area contributed by atoms with Gasteiger partial charge in [-0.05, 0) is 0 Å². The zero-order valence-electron chi connectivity index (χ0n) is 6.68. The van der Waals surface area contributed by atoms with E-state index in [0.29, 0.717) is 0 Å². The maximum absolute atomic E-state index is 11.0. The molecule has 0 saturated heterocycles. The molecule has 0 fully saturated rings. The summed E-state index contributed by atoms with van der Waals surface area (Å²) in [5.41, 5.74) is 0. The summed E-state index contributed by atoms with van der Waals surface area (Å²) in [5.74, 6) is -1.28.